The average molecular weight is 253 g/mol. The molecule has 1 aliphatic heterocycles. The fourth-order valence-corrected chi connectivity index (χ4v) is 1.90. The quantitative estimate of drug-likeness (QED) is 0.734. The minimum Gasteiger partial charge on any atom is -0.394 e. The first-order chi connectivity index (χ1) is 8.20. The summed E-state index contributed by atoms with van der Waals surface area (Å²) in [4.78, 5) is 6.62. The lowest BCUT2D eigenvalue weighted by Gasteiger charge is -2.33. The molecule has 1 aromatic heterocycles. The van der Waals surface area contributed by atoms with Gasteiger partial charge in [0.1, 0.15) is 4.99 Å². The van der Waals surface area contributed by atoms with Crippen molar-refractivity contribution in [2.75, 3.05) is 31.2 Å². The highest BCUT2D eigenvalue weighted by molar-refractivity contribution is 7.80. The lowest BCUT2D eigenvalue weighted by molar-refractivity contribution is 0.00355. The van der Waals surface area contributed by atoms with Gasteiger partial charge in [0.15, 0.2) is 0 Å². The predicted octanol–water partition coefficient (Wildman–Crippen LogP) is -0.0867. The topological polar surface area (TPSA) is 71.6 Å². The average Bonchev–Trinajstić information content (AvgIpc) is 2.39. The van der Waals surface area contributed by atoms with Crippen LogP contribution in [0.4, 0.5) is 5.69 Å². The standard InChI is InChI=1S/C11H15N3O2S/c12-11(17)10-2-1-8(5-13-10)14-3-4-16-9(6-14)7-15/h1-2,5,9,15H,3-4,6-7H2,(H2,12,17). The largest absolute Gasteiger partial charge is 0.394 e. The van der Waals surface area contributed by atoms with Crippen molar-refractivity contribution in [2.24, 2.45) is 5.73 Å². The summed E-state index contributed by atoms with van der Waals surface area (Å²) in [5.41, 5.74) is 7.10. The number of thiocarbonyl (C=S) groups is 1. The monoisotopic (exact) mass is 253 g/mol. The van der Waals surface area contributed by atoms with E-state index in [1.807, 2.05) is 6.07 Å². The lowest BCUT2D eigenvalue weighted by Crippen LogP contribution is -2.44. The molecule has 92 valence electrons. The van der Waals surface area contributed by atoms with Gasteiger partial charge < -0.3 is 20.5 Å². The van der Waals surface area contributed by atoms with Crippen LogP contribution in [0.5, 0.6) is 0 Å². The number of hydrogen-bond donors (Lipinski definition) is 2. The summed E-state index contributed by atoms with van der Waals surface area (Å²) in [6.07, 6.45) is 1.62. The molecule has 1 saturated heterocycles. The van der Waals surface area contributed by atoms with Crippen molar-refractivity contribution in [1.82, 2.24) is 4.98 Å². The predicted molar refractivity (Wildman–Crippen MR) is 69.2 cm³/mol. The number of nitrogens with two attached hydrogens (primary N) is 1. The first-order valence-corrected chi connectivity index (χ1v) is 5.85. The van der Waals surface area contributed by atoms with E-state index in [1.54, 1.807) is 12.3 Å². The zero-order chi connectivity index (χ0) is 12.3. The first kappa shape index (κ1) is 12.2. The van der Waals surface area contributed by atoms with Crippen molar-refractivity contribution in [3.8, 4) is 0 Å². The van der Waals surface area contributed by atoms with Crippen molar-refractivity contribution >= 4 is 22.9 Å². The van der Waals surface area contributed by atoms with Gasteiger partial charge in [-0.15, -0.1) is 0 Å². The Bertz CT molecular complexity index is 396. The smallest absolute Gasteiger partial charge is 0.122 e. The minimum absolute atomic E-state index is 0.0366. The third-order valence-electron chi connectivity index (χ3n) is 2.71. The molecular weight excluding hydrogens is 238 g/mol. The van der Waals surface area contributed by atoms with Gasteiger partial charge in [0.05, 0.1) is 36.9 Å². The van der Waals surface area contributed by atoms with Gasteiger partial charge in [0, 0.05) is 13.1 Å². The summed E-state index contributed by atoms with van der Waals surface area (Å²) in [5, 5.41) is 9.07. The van der Waals surface area contributed by atoms with E-state index in [1.165, 1.54) is 0 Å². The summed E-state index contributed by atoms with van der Waals surface area (Å²) >= 11 is 4.85. The Morgan fingerprint density at radius 2 is 2.47 bits per heavy atom. The number of aliphatic hydroxyl groups excluding tert-OH is 1. The van der Waals surface area contributed by atoms with E-state index >= 15 is 0 Å². The fourth-order valence-electron chi connectivity index (χ4n) is 1.78. The summed E-state index contributed by atoms with van der Waals surface area (Å²) in [6, 6.07) is 3.74. The molecule has 0 aliphatic carbocycles. The number of aliphatic hydroxyl groups is 1. The van der Waals surface area contributed by atoms with Crippen LogP contribution >= 0.6 is 12.2 Å². The molecule has 0 amide bonds. The van der Waals surface area contributed by atoms with Crippen molar-refractivity contribution < 1.29 is 9.84 Å². The zero-order valence-electron chi connectivity index (χ0n) is 9.37. The van der Waals surface area contributed by atoms with Crippen LogP contribution in [-0.2, 0) is 4.74 Å². The molecule has 6 heteroatoms. The van der Waals surface area contributed by atoms with E-state index in [0.717, 1.165) is 12.2 Å². The molecule has 17 heavy (non-hydrogen) atoms. The molecule has 1 aliphatic rings. The van der Waals surface area contributed by atoms with Crippen molar-refractivity contribution in [1.29, 1.82) is 0 Å². The molecule has 2 heterocycles. The van der Waals surface area contributed by atoms with Gasteiger partial charge in [-0.05, 0) is 12.1 Å². The van der Waals surface area contributed by atoms with Gasteiger partial charge in [0.2, 0.25) is 0 Å². The Balaban J connectivity index is 2.08. The number of aromatic nitrogens is 1. The van der Waals surface area contributed by atoms with Crippen LogP contribution in [0.2, 0.25) is 0 Å². The van der Waals surface area contributed by atoms with Crippen LogP contribution in [0.15, 0.2) is 18.3 Å². The van der Waals surface area contributed by atoms with Gasteiger partial charge in [-0.3, -0.25) is 4.98 Å². The third kappa shape index (κ3) is 2.91. The summed E-state index contributed by atoms with van der Waals surface area (Å²) in [7, 11) is 0. The van der Waals surface area contributed by atoms with Crippen LogP contribution in [0.1, 0.15) is 5.69 Å². The van der Waals surface area contributed by atoms with Gasteiger partial charge >= 0.3 is 0 Å². The number of nitrogens with zero attached hydrogens (tertiary/aromatic N) is 2. The number of pyridine rings is 1. The normalized spacial score (nSPS) is 20.3. The number of morpholine rings is 1. The fraction of sp³-hybridized carbons (Fsp3) is 0.455. The first-order valence-electron chi connectivity index (χ1n) is 5.44. The molecule has 1 aromatic rings. The Hall–Kier alpha value is -1.24. The van der Waals surface area contributed by atoms with E-state index in [0.29, 0.717) is 23.8 Å². The SMILES string of the molecule is NC(=S)c1ccc(N2CCOC(CO)C2)cn1. The Labute approximate surface area is 105 Å². The van der Waals surface area contributed by atoms with Crippen molar-refractivity contribution in [2.45, 2.75) is 6.10 Å². The molecule has 1 unspecified atom stereocenters. The maximum atomic E-state index is 9.07. The second-order valence-electron chi connectivity index (χ2n) is 3.89. The highest BCUT2D eigenvalue weighted by atomic mass is 32.1. The molecule has 0 bridgehead atoms. The molecule has 2 rings (SSSR count). The Kier molecular flexibility index (Phi) is 3.88. The number of ether oxygens (including phenoxy) is 1. The molecule has 0 spiro atoms. The minimum atomic E-state index is -0.126. The molecule has 1 atom stereocenters. The Morgan fingerprint density at radius 1 is 1.65 bits per heavy atom. The molecule has 0 radical (unpaired) electrons. The number of rotatable bonds is 3. The molecule has 0 saturated carbocycles. The number of anilines is 1. The molecule has 1 fully saturated rings. The van der Waals surface area contributed by atoms with Gasteiger partial charge in [-0.25, -0.2) is 0 Å². The zero-order valence-corrected chi connectivity index (χ0v) is 10.2. The third-order valence-corrected chi connectivity index (χ3v) is 2.92. The summed E-state index contributed by atoms with van der Waals surface area (Å²) in [5.74, 6) is 0. The molecule has 3 N–H and O–H groups in total. The number of hydrogen-bond acceptors (Lipinski definition) is 5. The maximum absolute atomic E-state index is 9.07. The molecule has 5 nitrogen and oxygen atoms in total. The van der Waals surface area contributed by atoms with E-state index < -0.39 is 0 Å². The van der Waals surface area contributed by atoms with E-state index in [-0.39, 0.29) is 12.7 Å². The highest BCUT2D eigenvalue weighted by Gasteiger charge is 2.20. The summed E-state index contributed by atoms with van der Waals surface area (Å²) in [6.45, 7) is 2.12. The van der Waals surface area contributed by atoms with Crippen LogP contribution in [0, 0.1) is 0 Å². The van der Waals surface area contributed by atoms with Crippen LogP contribution in [-0.4, -0.2) is 47.5 Å². The molecule has 0 aromatic carbocycles. The van der Waals surface area contributed by atoms with Crippen molar-refractivity contribution in [3.05, 3.63) is 24.0 Å². The second-order valence-corrected chi connectivity index (χ2v) is 4.33. The lowest BCUT2D eigenvalue weighted by atomic mass is 10.2. The van der Waals surface area contributed by atoms with E-state index in [9.17, 15) is 0 Å². The summed E-state index contributed by atoms with van der Waals surface area (Å²) < 4.78 is 5.39. The Morgan fingerprint density at radius 3 is 3.06 bits per heavy atom. The second kappa shape index (κ2) is 5.39. The maximum Gasteiger partial charge on any atom is 0.122 e. The van der Waals surface area contributed by atoms with E-state index in [4.69, 9.17) is 27.8 Å². The van der Waals surface area contributed by atoms with Crippen molar-refractivity contribution in [3.63, 3.8) is 0 Å². The van der Waals surface area contributed by atoms with E-state index in [2.05, 4.69) is 9.88 Å². The van der Waals surface area contributed by atoms with Gasteiger partial charge in [0.25, 0.3) is 0 Å². The van der Waals surface area contributed by atoms with Gasteiger partial charge in [-0.2, -0.15) is 0 Å². The van der Waals surface area contributed by atoms with Crippen LogP contribution in [0.3, 0.4) is 0 Å². The highest BCUT2D eigenvalue weighted by Crippen LogP contribution is 2.16. The van der Waals surface area contributed by atoms with Gasteiger partial charge in [-0.1, -0.05) is 12.2 Å². The van der Waals surface area contributed by atoms with Crippen LogP contribution < -0.4 is 10.6 Å². The van der Waals surface area contributed by atoms with Crippen LogP contribution in [0.25, 0.3) is 0 Å². The molecular formula is C11H15N3O2S.